The van der Waals surface area contributed by atoms with Gasteiger partial charge in [0, 0.05) is 13.2 Å². The molecule has 2 aromatic rings. The molecule has 2 aromatic carbocycles. The average molecular weight is 546 g/mol. The first-order chi connectivity index (χ1) is 18.1. The Bertz CT molecular complexity index is 1210. The largest absolute Gasteiger partial charge is 0.460 e. The fourth-order valence-corrected chi connectivity index (χ4v) is 6.82. The Morgan fingerprint density at radius 3 is 2.47 bits per heavy atom. The molecular weight excluding hydrogens is 510 g/mol. The molecule has 0 N–H and O–H groups in total. The lowest BCUT2D eigenvalue weighted by Gasteiger charge is -2.44. The van der Waals surface area contributed by atoms with Crippen LogP contribution in [0, 0.1) is 6.92 Å². The van der Waals surface area contributed by atoms with Gasteiger partial charge in [-0.25, -0.2) is 8.42 Å². The van der Waals surface area contributed by atoms with Crippen molar-refractivity contribution < 1.29 is 36.9 Å². The molecule has 0 aromatic heterocycles. The molecule has 9 nitrogen and oxygen atoms in total. The van der Waals surface area contributed by atoms with E-state index in [4.69, 9.17) is 23.7 Å². The minimum absolute atomic E-state index is 0.00180. The van der Waals surface area contributed by atoms with Crippen molar-refractivity contribution in [3.8, 4) is 0 Å². The molecule has 5 atom stereocenters. The van der Waals surface area contributed by atoms with Gasteiger partial charge in [-0.15, -0.1) is 0 Å². The number of aryl methyl sites for hydroxylation is 1. The molecule has 0 spiro atoms. The van der Waals surface area contributed by atoms with E-state index in [1.807, 2.05) is 37.3 Å². The molecule has 0 amide bonds. The SMILES string of the molecule is Cc1ccc(S(=O)(=O)N2C[C@@H]3OC(C)(C)O[C@H]3[C@@H](OC3CCCCO3)[C@H]2C(=O)OCc2ccccc2)cc1. The lowest BCUT2D eigenvalue weighted by atomic mass is 9.95. The summed E-state index contributed by atoms with van der Waals surface area (Å²) in [5.74, 6) is -1.69. The van der Waals surface area contributed by atoms with Crippen molar-refractivity contribution in [2.45, 2.75) is 88.0 Å². The van der Waals surface area contributed by atoms with Crippen molar-refractivity contribution in [1.29, 1.82) is 0 Å². The lowest BCUT2D eigenvalue weighted by molar-refractivity contribution is -0.235. The van der Waals surface area contributed by atoms with Crippen LogP contribution in [-0.4, -0.2) is 68.3 Å². The normalized spacial score (nSPS) is 29.5. The summed E-state index contributed by atoms with van der Waals surface area (Å²) in [6.45, 7) is 5.86. The molecule has 0 bridgehead atoms. The van der Waals surface area contributed by atoms with Crippen LogP contribution in [0.5, 0.6) is 0 Å². The minimum Gasteiger partial charge on any atom is -0.460 e. The Morgan fingerprint density at radius 1 is 1.05 bits per heavy atom. The molecule has 3 fully saturated rings. The van der Waals surface area contributed by atoms with E-state index >= 15 is 0 Å². The van der Waals surface area contributed by atoms with Gasteiger partial charge in [-0.1, -0.05) is 48.0 Å². The maximum Gasteiger partial charge on any atom is 0.327 e. The highest BCUT2D eigenvalue weighted by Crippen LogP contribution is 2.40. The molecule has 0 radical (unpaired) electrons. The minimum atomic E-state index is -4.13. The van der Waals surface area contributed by atoms with Crippen LogP contribution in [-0.2, 0) is 45.1 Å². The molecule has 3 aliphatic rings. The topological polar surface area (TPSA) is 101 Å². The maximum atomic E-state index is 14.0. The number of benzene rings is 2. The average Bonchev–Trinajstić information content (AvgIpc) is 3.22. The summed E-state index contributed by atoms with van der Waals surface area (Å²) < 4.78 is 59.4. The number of ether oxygens (including phenoxy) is 5. The summed E-state index contributed by atoms with van der Waals surface area (Å²) in [5.41, 5.74) is 1.71. The van der Waals surface area contributed by atoms with E-state index in [2.05, 4.69) is 0 Å². The van der Waals surface area contributed by atoms with Crippen LogP contribution in [0.15, 0.2) is 59.5 Å². The van der Waals surface area contributed by atoms with Crippen LogP contribution in [0.2, 0.25) is 0 Å². The highest BCUT2D eigenvalue weighted by molar-refractivity contribution is 7.89. The van der Waals surface area contributed by atoms with Gasteiger partial charge in [0.05, 0.1) is 4.90 Å². The first kappa shape index (κ1) is 27.2. The zero-order valence-electron chi connectivity index (χ0n) is 21.9. The monoisotopic (exact) mass is 545 g/mol. The van der Waals surface area contributed by atoms with E-state index < -0.39 is 52.4 Å². The summed E-state index contributed by atoms with van der Waals surface area (Å²) in [4.78, 5) is 13.8. The van der Waals surface area contributed by atoms with Gasteiger partial charge in [0.2, 0.25) is 10.0 Å². The summed E-state index contributed by atoms with van der Waals surface area (Å²) >= 11 is 0. The van der Waals surface area contributed by atoms with E-state index in [0.717, 1.165) is 28.3 Å². The number of nitrogens with zero attached hydrogens (tertiary/aromatic N) is 1. The second-order valence-corrected chi connectivity index (χ2v) is 12.4. The summed E-state index contributed by atoms with van der Waals surface area (Å²) in [6.07, 6.45) is -0.460. The van der Waals surface area contributed by atoms with E-state index in [1.54, 1.807) is 38.1 Å². The summed E-state index contributed by atoms with van der Waals surface area (Å²) in [5, 5.41) is 0. The zero-order chi connectivity index (χ0) is 26.9. The third kappa shape index (κ3) is 5.80. The van der Waals surface area contributed by atoms with Crippen LogP contribution in [0.1, 0.15) is 44.2 Å². The van der Waals surface area contributed by atoms with E-state index in [0.29, 0.717) is 13.0 Å². The number of hydrogen-bond donors (Lipinski definition) is 0. The number of esters is 1. The first-order valence-electron chi connectivity index (χ1n) is 13.1. The molecule has 3 saturated heterocycles. The summed E-state index contributed by atoms with van der Waals surface area (Å²) in [7, 11) is -4.13. The van der Waals surface area contributed by atoms with Gasteiger partial charge in [-0.3, -0.25) is 4.79 Å². The number of fused-ring (bicyclic) bond motifs is 1. The molecule has 1 unspecified atom stereocenters. The fraction of sp³-hybridized carbons (Fsp3) is 0.536. The Hall–Kier alpha value is -2.34. The van der Waals surface area contributed by atoms with Crippen LogP contribution >= 0.6 is 0 Å². The molecule has 38 heavy (non-hydrogen) atoms. The molecule has 10 heteroatoms. The third-order valence-electron chi connectivity index (χ3n) is 7.07. The quantitative estimate of drug-likeness (QED) is 0.487. The van der Waals surface area contributed by atoms with Gasteiger partial charge in [0.25, 0.3) is 0 Å². The maximum absolute atomic E-state index is 14.0. The number of sulfonamides is 1. The number of hydrogen-bond acceptors (Lipinski definition) is 8. The molecule has 3 aliphatic heterocycles. The number of carbonyl (C=O) groups is 1. The van der Waals surface area contributed by atoms with Gasteiger partial charge in [0.15, 0.2) is 18.1 Å². The molecule has 5 rings (SSSR count). The van der Waals surface area contributed by atoms with Crippen LogP contribution in [0.4, 0.5) is 0 Å². The van der Waals surface area contributed by atoms with Gasteiger partial charge >= 0.3 is 5.97 Å². The molecule has 206 valence electrons. The Kier molecular flexibility index (Phi) is 7.91. The van der Waals surface area contributed by atoms with Crippen LogP contribution < -0.4 is 0 Å². The number of rotatable bonds is 7. The predicted octanol–water partition coefficient (Wildman–Crippen LogP) is 3.54. The molecule has 0 saturated carbocycles. The van der Waals surface area contributed by atoms with Crippen molar-refractivity contribution >= 4 is 16.0 Å². The Labute approximate surface area is 224 Å². The highest BCUT2D eigenvalue weighted by Gasteiger charge is 2.59. The Morgan fingerprint density at radius 2 is 1.79 bits per heavy atom. The first-order valence-corrected chi connectivity index (χ1v) is 14.5. The second kappa shape index (κ2) is 11.0. The molecule has 0 aliphatic carbocycles. The predicted molar refractivity (Wildman–Crippen MR) is 137 cm³/mol. The lowest BCUT2D eigenvalue weighted by Crippen LogP contribution is -2.66. The van der Waals surface area contributed by atoms with Crippen molar-refractivity contribution in [2.24, 2.45) is 0 Å². The highest BCUT2D eigenvalue weighted by atomic mass is 32.2. The van der Waals surface area contributed by atoms with Gasteiger partial charge < -0.3 is 23.7 Å². The van der Waals surface area contributed by atoms with Gasteiger partial charge in [-0.2, -0.15) is 4.31 Å². The van der Waals surface area contributed by atoms with Crippen molar-refractivity contribution in [1.82, 2.24) is 4.31 Å². The summed E-state index contributed by atoms with van der Waals surface area (Å²) in [6, 6.07) is 14.5. The Balaban J connectivity index is 1.52. The van der Waals surface area contributed by atoms with Crippen LogP contribution in [0.25, 0.3) is 0 Å². The fourth-order valence-electron chi connectivity index (χ4n) is 5.22. The van der Waals surface area contributed by atoms with E-state index in [1.165, 1.54) is 0 Å². The van der Waals surface area contributed by atoms with Crippen LogP contribution in [0.3, 0.4) is 0 Å². The standard InChI is InChI=1S/C28H35NO8S/c1-19-12-14-21(15-13-19)38(31,32)29-17-22-25(37-28(2,3)36-22)26(35-23-11-7-8-16-33-23)24(29)27(30)34-18-20-9-5-4-6-10-20/h4-6,9-10,12-15,22-26H,7-8,11,16-18H2,1-3H3/t22-,23?,24-,25+,26-/m0/s1. The smallest absolute Gasteiger partial charge is 0.327 e. The number of piperidine rings is 1. The van der Waals surface area contributed by atoms with Crippen molar-refractivity contribution in [3.05, 3.63) is 65.7 Å². The van der Waals surface area contributed by atoms with Crippen molar-refractivity contribution in [2.75, 3.05) is 13.2 Å². The number of carbonyl (C=O) groups excluding carboxylic acids is 1. The zero-order valence-corrected chi connectivity index (χ0v) is 22.8. The van der Waals surface area contributed by atoms with E-state index in [9.17, 15) is 13.2 Å². The molecule has 3 heterocycles. The molecular formula is C28H35NO8S. The third-order valence-corrected chi connectivity index (χ3v) is 8.93. The van der Waals surface area contributed by atoms with Gasteiger partial charge in [0.1, 0.15) is 24.9 Å². The van der Waals surface area contributed by atoms with Gasteiger partial charge in [-0.05, 0) is 57.7 Å². The van der Waals surface area contributed by atoms with E-state index in [-0.39, 0.29) is 18.0 Å². The van der Waals surface area contributed by atoms with Crippen molar-refractivity contribution in [3.63, 3.8) is 0 Å². The second-order valence-electron chi connectivity index (χ2n) is 10.5.